The summed E-state index contributed by atoms with van der Waals surface area (Å²) in [6.45, 7) is 7.60. The van der Waals surface area contributed by atoms with Crippen LogP contribution in [0.5, 0.6) is 0 Å². The third-order valence-electron chi connectivity index (χ3n) is 6.03. The lowest BCUT2D eigenvalue weighted by Crippen LogP contribution is -2.56. The minimum absolute atomic E-state index is 0.0520. The summed E-state index contributed by atoms with van der Waals surface area (Å²) in [5.74, 6) is 0.261. The zero-order chi connectivity index (χ0) is 20.1. The van der Waals surface area contributed by atoms with Gasteiger partial charge in [0, 0.05) is 15.7 Å². The summed E-state index contributed by atoms with van der Waals surface area (Å²) in [5.41, 5.74) is 2.34. The Morgan fingerprint density at radius 3 is 2.57 bits per heavy atom. The number of nitrogens with one attached hydrogen (secondary N) is 2. The lowest BCUT2D eigenvalue weighted by molar-refractivity contribution is -0.126. The Morgan fingerprint density at radius 2 is 1.86 bits per heavy atom. The summed E-state index contributed by atoms with van der Waals surface area (Å²) in [7, 11) is 0. The maximum atomic E-state index is 13.7. The van der Waals surface area contributed by atoms with E-state index < -0.39 is 5.41 Å². The molecule has 0 bridgehead atoms. The molecule has 5 heteroatoms. The Labute approximate surface area is 176 Å². The fourth-order valence-corrected chi connectivity index (χ4v) is 5.49. The summed E-state index contributed by atoms with van der Waals surface area (Å²) in [6.07, 6.45) is 1.91. The second-order valence-electron chi connectivity index (χ2n) is 9.21. The van der Waals surface area contributed by atoms with Crippen LogP contribution in [0, 0.1) is 11.3 Å². The van der Waals surface area contributed by atoms with E-state index >= 15 is 0 Å². The number of hydrogen-bond acceptors (Lipinski definition) is 2. The highest BCUT2D eigenvalue weighted by Gasteiger charge is 2.59. The molecule has 0 aromatic heterocycles. The molecule has 148 valence electrons. The molecule has 4 rings (SSSR count). The molecule has 2 N–H and O–H groups in total. The van der Waals surface area contributed by atoms with Crippen molar-refractivity contribution in [2.45, 2.75) is 45.1 Å². The molecule has 2 aromatic carbocycles. The van der Waals surface area contributed by atoms with Crippen LogP contribution in [0.25, 0.3) is 0 Å². The zero-order valence-electron chi connectivity index (χ0n) is 16.5. The molecular weight excluding hydrogens is 391 g/mol. The molecule has 2 heterocycles. The predicted octanol–water partition coefficient (Wildman–Crippen LogP) is 5.97. The minimum atomic E-state index is -0.684. The van der Waals surface area contributed by atoms with Gasteiger partial charge in [0.15, 0.2) is 0 Å². The van der Waals surface area contributed by atoms with Gasteiger partial charge in [0.25, 0.3) is 0 Å². The molecule has 2 aliphatic heterocycles. The van der Waals surface area contributed by atoms with E-state index in [0.29, 0.717) is 10.0 Å². The number of carbonyl (C=O) groups excluding carboxylic acids is 1. The van der Waals surface area contributed by atoms with E-state index in [1.807, 2.05) is 36.4 Å². The van der Waals surface area contributed by atoms with Crippen molar-refractivity contribution in [3.63, 3.8) is 0 Å². The average Bonchev–Trinajstić information content (AvgIpc) is 2.88. The normalized spacial score (nSPS) is 27.0. The number of piperidine rings is 1. The average molecular weight is 417 g/mol. The monoisotopic (exact) mass is 416 g/mol. The second-order valence-corrected chi connectivity index (χ2v) is 10.1. The van der Waals surface area contributed by atoms with Gasteiger partial charge in [-0.1, -0.05) is 62.2 Å². The van der Waals surface area contributed by atoms with Crippen LogP contribution in [0.3, 0.4) is 0 Å². The molecular formula is C23H26Cl2N2O. The minimum Gasteiger partial charge on any atom is -0.325 e. The third-order valence-corrected chi connectivity index (χ3v) is 6.50. The van der Waals surface area contributed by atoms with Crippen molar-refractivity contribution in [2.24, 2.45) is 11.3 Å². The quantitative estimate of drug-likeness (QED) is 0.632. The molecule has 2 aromatic rings. The van der Waals surface area contributed by atoms with E-state index in [-0.39, 0.29) is 23.3 Å². The van der Waals surface area contributed by atoms with Gasteiger partial charge in [-0.3, -0.25) is 4.79 Å². The standard InChI is InChI=1S/C23H26Cl2N2O/c1-22(2,3)13-15-9-10-26-20(14-5-4-6-16(24)11-14)23(15)18-8-7-17(25)12-19(18)27-21(23)28/h4-8,11-12,15,20,26H,9-10,13H2,1-3H3,(H,27,28)/t15-,20+,23+/m1/s1. The Hall–Kier alpha value is -1.55. The number of carbonyl (C=O) groups is 1. The van der Waals surface area contributed by atoms with Crippen molar-refractivity contribution in [2.75, 3.05) is 11.9 Å². The zero-order valence-corrected chi connectivity index (χ0v) is 18.0. The number of rotatable bonds is 2. The number of benzene rings is 2. The van der Waals surface area contributed by atoms with Crippen LogP contribution in [0.1, 0.15) is 50.8 Å². The Bertz CT molecular complexity index is 921. The topological polar surface area (TPSA) is 41.1 Å². The van der Waals surface area contributed by atoms with E-state index in [9.17, 15) is 4.79 Å². The van der Waals surface area contributed by atoms with Crippen LogP contribution in [0.15, 0.2) is 42.5 Å². The second kappa shape index (κ2) is 7.05. The van der Waals surface area contributed by atoms with E-state index in [4.69, 9.17) is 23.2 Å². The summed E-state index contributed by atoms with van der Waals surface area (Å²) in [6, 6.07) is 13.5. The van der Waals surface area contributed by atoms with Crippen molar-refractivity contribution in [1.29, 1.82) is 0 Å². The van der Waals surface area contributed by atoms with Crippen molar-refractivity contribution < 1.29 is 4.79 Å². The largest absolute Gasteiger partial charge is 0.325 e. The number of hydrogen-bond donors (Lipinski definition) is 2. The van der Waals surface area contributed by atoms with E-state index in [2.05, 4.69) is 37.5 Å². The first-order valence-corrected chi connectivity index (χ1v) is 10.6. The molecule has 3 atom stereocenters. The van der Waals surface area contributed by atoms with Crippen molar-refractivity contribution >= 4 is 34.8 Å². The van der Waals surface area contributed by atoms with E-state index in [1.165, 1.54) is 0 Å². The molecule has 0 aliphatic carbocycles. The van der Waals surface area contributed by atoms with E-state index in [0.717, 1.165) is 36.2 Å². The first kappa shape index (κ1) is 19.8. The highest BCUT2D eigenvalue weighted by molar-refractivity contribution is 6.31. The highest BCUT2D eigenvalue weighted by atomic mass is 35.5. The smallest absolute Gasteiger partial charge is 0.237 e. The Balaban J connectivity index is 1.93. The molecule has 3 nitrogen and oxygen atoms in total. The lowest BCUT2D eigenvalue weighted by atomic mass is 9.58. The first-order chi connectivity index (χ1) is 13.2. The highest BCUT2D eigenvalue weighted by Crippen LogP contribution is 2.56. The molecule has 1 spiro atoms. The third kappa shape index (κ3) is 3.24. The van der Waals surface area contributed by atoms with Crippen molar-refractivity contribution in [1.82, 2.24) is 5.32 Å². The molecule has 1 amide bonds. The molecule has 0 radical (unpaired) electrons. The maximum absolute atomic E-state index is 13.7. The SMILES string of the molecule is CC(C)(C)C[C@H]1CCN[C@@H](c2cccc(Cl)c2)[C@]12C(=O)Nc1cc(Cl)ccc12. The first-order valence-electron chi connectivity index (χ1n) is 9.82. The molecule has 28 heavy (non-hydrogen) atoms. The van der Waals surface area contributed by atoms with E-state index in [1.54, 1.807) is 0 Å². The molecule has 0 saturated carbocycles. The molecule has 1 fully saturated rings. The number of amides is 1. The number of halogens is 2. The van der Waals surface area contributed by atoms with Crippen LogP contribution >= 0.6 is 23.2 Å². The predicted molar refractivity (Wildman–Crippen MR) is 116 cm³/mol. The molecule has 1 saturated heterocycles. The fourth-order valence-electron chi connectivity index (χ4n) is 5.12. The lowest BCUT2D eigenvalue weighted by Gasteiger charge is -2.48. The van der Waals surface area contributed by atoms with Crippen LogP contribution in [-0.2, 0) is 10.2 Å². The Kier molecular flexibility index (Phi) is 4.97. The van der Waals surface area contributed by atoms with Gasteiger partial charge in [-0.25, -0.2) is 0 Å². The van der Waals surface area contributed by atoms with Gasteiger partial charge >= 0.3 is 0 Å². The number of anilines is 1. The maximum Gasteiger partial charge on any atom is 0.237 e. The van der Waals surface area contributed by atoms with Crippen molar-refractivity contribution in [3.05, 3.63) is 63.6 Å². The van der Waals surface area contributed by atoms with Gasteiger partial charge in [-0.2, -0.15) is 0 Å². The van der Waals surface area contributed by atoms with Crippen LogP contribution < -0.4 is 10.6 Å². The van der Waals surface area contributed by atoms with Gasteiger partial charge in [0.1, 0.15) is 0 Å². The van der Waals surface area contributed by atoms with Crippen LogP contribution in [0.4, 0.5) is 5.69 Å². The van der Waals surface area contributed by atoms with Gasteiger partial charge in [-0.05, 0) is 66.1 Å². The summed E-state index contributed by atoms with van der Waals surface area (Å²) in [4.78, 5) is 13.7. The van der Waals surface area contributed by atoms with Gasteiger partial charge in [0.2, 0.25) is 5.91 Å². The molecule has 2 aliphatic rings. The van der Waals surface area contributed by atoms with Crippen molar-refractivity contribution in [3.8, 4) is 0 Å². The van der Waals surface area contributed by atoms with Gasteiger partial charge < -0.3 is 10.6 Å². The van der Waals surface area contributed by atoms with Gasteiger partial charge in [0.05, 0.1) is 11.5 Å². The fraction of sp³-hybridized carbons (Fsp3) is 0.435. The number of fused-ring (bicyclic) bond motifs is 2. The summed E-state index contributed by atoms with van der Waals surface area (Å²) >= 11 is 12.5. The Morgan fingerprint density at radius 1 is 1.11 bits per heavy atom. The summed E-state index contributed by atoms with van der Waals surface area (Å²) < 4.78 is 0. The molecule has 0 unspecified atom stereocenters. The summed E-state index contributed by atoms with van der Waals surface area (Å²) in [5, 5.41) is 8.09. The van der Waals surface area contributed by atoms with Crippen LogP contribution in [0.2, 0.25) is 10.0 Å². The van der Waals surface area contributed by atoms with Gasteiger partial charge in [-0.15, -0.1) is 0 Å². The van der Waals surface area contributed by atoms with Crippen LogP contribution in [-0.4, -0.2) is 12.5 Å².